The van der Waals surface area contributed by atoms with Crippen molar-refractivity contribution in [3.63, 3.8) is 0 Å². The molecule has 20 heavy (non-hydrogen) atoms. The van der Waals surface area contributed by atoms with Crippen molar-refractivity contribution in [1.29, 1.82) is 0 Å². The van der Waals surface area contributed by atoms with Crippen LogP contribution in [0.2, 0.25) is 5.02 Å². The number of quaternary nitrogens is 1. The molecule has 4 heteroatoms. The molecule has 1 fully saturated rings. The minimum absolute atomic E-state index is 0.552. The van der Waals surface area contributed by atoms with Crippen LogP contribution >= 0.6 is 11.6 Å². The Labute approximate surface area is 126 Å². The fraction of sp³-hybridized carbons (Fsp3) is 0.625. The summed E-state index contributed by atoms with van der Waals surface area (Å²) >= 11 is 6.01. The van der Waals surface area contributed by atoms with Crippen molar-refractivity contribution in [3.8, 4) is 5.75 Å². The normalized spacial score (nSPS) is 22.7. The zero-order chi connectivity index (χ0) is 14.2. The van der Waals surface area contributed by atoms with E-state index in [0.717, 1.165) is 24.8 Å². The maximum absolute atomic E-state index is 6.01. The number of hydrogen-bond acceptors (Lipinski definition) is 2. The average molecular weight is 299 g/mol. The highest BCUT2D eigenvalue weighted by atomic mass is 35.5. The molecule has 0 aromatic heterocycles. The van der Waals surface area contributed by atoms with Gasteiger partial charge < -0.3 is 14.4 Å². The summed E-state index contributed by atoms with van der Waals surface area (Å²) in [6.45, 7) is 8.03. The molecule has 0 spiro atoms. The summed E-state index contributed by atoms with van der Waals surface area (Å²) in [5, 5.41) is 0.652. The Kier molecular flexibility index (Phi) is 6.64. The molecule has 0 unspecified atom stereocenters. The van der Waals surface area contributed by atoms with E-state index in [1.807, 2.05) is 24.3 Å². The monoisotopic (exact) mass is 298 g/mol. The Morgan fingerprint density at radius 3 is 2.65 bits per heavy atom. The Bertz CT molecular complexity index is 392. The number of ether oxygens (including phenoxy) is 2. The van der Waals surface area contributed by atoms with Crippen LogP contribution in [-0.4, -0.2) is 39.5 Å². The summed E-state index contributed by atoms with van der Waals surface area (Å²) in [5.74, 6) is 1.64. The number of benzene rings is 1. The number of hydrogen-bond donors (Lipinski definition) is 1. The van der Waals surface area contributed by atoms with Crippen molar-refractivity contribution in [1.82, 2.24) is 0 Å². The molecular weight excluding hydrogens is 274 g/mol. The lowest BCUT2D eigenvalue weighted by molar-refractivity contribution is -0.906. The lowest BCUT2D eigenvalue weighted by Crippen LogP contribution is -3.13. The minimum atomic E-state index is 0.552. The lowest BCUT2D eigenvalue weighted by Gasteiger charge is -2.27. The maximum Gasteiger partial charge on any atom is 0.138 e. The van der Waals surface area contributed by atoms with Crippen molar-refractivity contribution in [2.75, 3.05) is 39.5 Å². The van der Waals surface area contributed by atoms with E-state index in [1.54, 1.807) is 4.90 Å². The molecule has 1 aromatic rings. The van der Waals surface area contributed by atoms with Crippen molar-refractivity contribution < 1.29 is 14.4 Å². The van der Waals surface area contributed by atoms with Crippen LogP contribution in [0.4, 0.5) is 0 Å². The first-order chi connectivity index (χ1) is 9.75. The maximum atomic E-state index is 6.01. The van der Waals surface area contributed by atoms with Gasteiger partial charge in [0.25, 0.3) is 0 Å². The van der Waals surface area contributed by atoms with E-state index in [-0.39, 0.29) is 0 Å². The summed E-state index contributed by atoms with van der Waals surface area (Å²) in [7, 11) is 0. The van der Waals surface area contributed by atoms with Crippen LogP contribution in [0.15, 0.2) is 24.3 Å². The van der Waals surface area contributed by atoms with Crippen LogP contribution in [0.25, 0.3) is 0 Å². The molecule has 1 saturated heterocycles. The number of halogens is 1. The predicted molar refractivity (Wildman–Crippen MR) is 81.7 cm³/mol. The summed E-state index contributed by atoms with van der Waals surface area (Å²) < 4.78 is 11.2. The zero-order valence-corrected chi connectivity index (χ0v) is 13.0. The van der Waals surface area contributed by atoms with E-state index < -0.39 is 0 Å². The van der Waals surface area contributed by atoms with Crippen LogP contribution < -0.4 is 9.64 Å². The molecule has 1 N–H and O–H groups in total. The van der Waals surface area contributed by atoms with Crippen molar-refractivity contribution >= 4 is 11.6 Å². The SMILES string of the molecule is CC1CC[NH+](CCOCCOc2ccccc2Cl)CC1. The number of para-hydroxylation sites is 1. The molecule has 0 radical (unpaired) electrons. The molecule has 1 heterocycles. The highest BCUT2D eigenvalue weighted by molar-refractivity contribution is 6.32. The summed E-state index contributed by atoms with van der Waals surface area (Å²) in [5.41, 5.74) is 0. The average Bonchev–Trinajstić information content (AvgIpc) is 2.46. The molecular formula is C16H25ClNO2+. The zero-order valence-electron chi connectivity index (χ0n) is 12.2. The van der Waals surface area contributed by atoms with Gasteiger partial charge in [0.1, 0.15) is 18.9 Å². The molecule has 0 amide bonds. The fourth-order valence-electron chi connectivity index (χ4n) is 2.51. The van der Waals surface area contributed by atoms with Gasteiger partial charge in [0, 0.05) is 0 Å². The van der Waals surface area contributed by atoms with Gasteiger partial charge in [0.05, 0.1) is 31.3 Å². The quantitative estimate of drug-likeness (QED) is 0.779. The summed E-state index contributed by atoms with van der Waals surface area (Å²) in [6.07, 6.45) is 2.70. The second-order valence-corrected chi connectivity index (χ2v) is 5.98. The first kappa shape index (κ1) is 15.6. The van der Waals surface area contributed by atoms with Crippen LogP contribution in [0.3, 0.4) is 0 Å². The van der Waals surface area contributed by atoms with Crippen LogP contribution in [0.1, 0.15) is 19.8 Å². The Morgan fingerprint density at radius 1 is 1.15 bits per heavy atom. The molecule has 0 atom stereocenters. The second-order valence-electron chi connectivity index (χ2n) is 5.57. The van der Waals surface area contributed by atoms with E-state index in [9.17, 15) is 0 Å². The third-order valence-electron chi connectivity index (χ3n) is 3.90. The smallest absolute Gasteiger partial charge is 0.138 e. The van der Waals surface area contributed by atoms with Gasteiger partial charge in [-0.05, 0) is 30.9 Å². The number of nitrogens with one attached hydrogen (secondary N) is 1. The Morgan fingerprint density at radius 2 is 1.90 bits per heavy atom. The van der Waals surface area contributed by atoms with Crippen LogP contribution in [-0.2, 0) is 4.74 Å². The van der Waals surface area contributed by atoms with E-state index >= 15 is 0 Å². The first-order valence-corrected chi connectivity index (χ1v) is 7.92. The third-order valence-corrected chi connectivity index (χ3v) is 4.22. The van der Waals surface area contributed by atoms with E-state index in [4.69, 9.17) is 21.1 Å². The number of rotatable bonds is 7. The van der Waals surface area contributed by atoms with Gasteiger partial charge in [-0.3, -0.25) is 0 Å². The van der Waals surface area contributed by atoms with Crippen LogP contribution in [0.5, 0.6) is 5.75 Å². The van der Waals surface area contributed by atoms with Crippen molar-refractivity contribution in [2.24, 2.45) is 5.92 Å². The topological polar surface area (TPSA) is 22.9 Å². The van der Waals surface area contributed by atoms with E-state index in [1.165, 1.54) is 25.9 Å². The second kappa shape index (κ2) is 8.50. The van der Waals surface area contributed by atoms with Gasteiger partial charge in [0.2, 0.25) is 0 Å². The van der Waals surface area contributed by atoms with E-state index in [2.05, 4.69) is 6.92 Å². The highest BCUT2D eigenvalue weighted by Crippen LogP contribution is 2.22. The lowest BCUT2D eigenvalue weighted by atomic mass is 9.99. The molecule has 0 aliphatic carbocycles. The fourth-order valence-corrected chi connectivity index (χ4v) is 2.70. The number of piperidine rings is 1. The van der Waals surface area contributed by atoms with Gasteiger partial charge in [-0.1, -0.05) is 30.7 Å². The highest BCUT2D eigenvalue weighted by Gasteiger charge is 2.17. The van der Waals surface area contributed by atoms with Gasteiger partial charge in [-0.2, -0.15) is 0 Å². The minimum Gasteiger partial charge on any atom is -0.490 e. The molecule has 3 nitrogen and oxygen atoms in total. The van der Waals surface area contributed by atoms with Crippen molar-refractivity contribution in [3.05, 3.63) is 29.3 Å². The predicted octanol–water partition coefficient (Wildman–Crippen LogP) is 2.05. The molecule has 0 bridgehead atoms. The largest absolute Gasteiger partial charge is 0.490 e. The van der Waals surface area contributed by atoms with E-state index in [0.29, 0.717) is 18.2 Å². The Balaban J connectivity index is 1.51. The third kappa shape index (κ3) is 5.31. The molecule has 1 aromatic carbocycles. The van der Waals surface area contributed by atoms with Crippen LogP contribution in [0, 0.1) is 5.92 Å². The summed E-state index contributed by atoms with van der Waals surface area (Å²) in [6, 6.07) is 7.52. The summed E-state index contributed by atoms with van der Waals surface area (Å²) in [4.78, 5) is 1.68. The molecule has 112 valence electrons. The molecule has 2 rings (SSSR count). The van der Waals surface area contributed by atoms with Crippen molar-refractivity contribution in [2.45, 2.75) is 19.8 Å². The molecule has 0 saturated carbocycles. The number of likely N-dealkylation sites (tertiary alicyclic amines) is 1. The van der Waals surface area contributed by atoms with Gasteiger partial charge >= 0.3 is 0 Å². The first-order valence-electron chi connectivity index (χ1n) is 7.54. The van der Waals surface area contributed by atoms with Gasteiger partial charge in [0.15, 0.2) is 0 Å². The molecule has 1 aliphatic rings. The van der Waals surface area contributed by atoms with Gasteiger partial charge in [-0.15, -0.1) is 0 Å². The molecule has 1 aliphatic heterocycles. The Hall–Kier alpha value is -0.770. The standard InChI is InChI=1S/C16H24ClNO2/c1-14-6-8-18(9-7-14)10-11-19-12-13-20-16-5-3-2-4-15(16)17/h2-5,14H,6-13H2,1H3/p+1. The van der Waals surface area contributed by atoms with Gasteiger partial charge in [-0.25, -0.2) is 0 Å².